The number of rotatable bonds is 7. The zero-order chi connectivity index (χ0) is 15.1. The summed E-state index contributed by atoms with van der Waals surface area (Å²) in [5.41, 5.74) is 7.55. The molecule has 0 saturated heterocycles. The molecule has 0 aliphatic rings. The lowest BCUT2D eigenvalue weighted by Crippen LogP contribution is -2.21. The molecule has 6 heteroatoms. The van der Waals surface area contributed by atoms with Gasteiger partial charge in [0.05, 0.1) is 7.11 Å². The van der Waals surface area contributed by atoms with Gasteiger partial charge in [0.1, 0.15) is 12.0 Å². The summed E-state index contributed by atoms with van der Waals surface area (Å²) < 4.78 is 5.06. The molecule has 1 aromatic carbocycles. The molecule has 1 heterocycles. The molecule has 0 spiro atoms. The monoisotopic (exact) mass is 287 g/mol. The molecule has 2 aromatic rings. The van der Waals surface area contributed by atoms with Gasteiger partial charge in [-0.2, -0.15) is 4.98 Å². The van der Waals surface area contributed by atoms with Gasteiger partial charge in [-0.1, -0.05) is 18.2 Å². The van der Waals surface area contributed by atoms with E-state index in [0.717, 1.165) is 19.5 Å². The third kappa shape index (κ3) is 3.98. The maximum atomic E-state index is 5.90. The summed E-state index contributed by atoms with van der Waals surface area (Å²) in [5, 5.41) is 3.21. The minimum Gasteiger partial charge on any atom is -0.479 e. The van der Waals surface area contributed by atoms with E-state index in [4.69, 9.17) is 10.5 Å². The van der Waals surface area contributed by atoms with E-state index in [1.807, 2.05) is 18.2 Å². The van der Waals surface area contributed by atoms with Crippen LogP contribution < -0.4 is 20.7 Å². The fourth-order valence-electron chi connectivity index (χ4n) is 2.02. The normalized spacial score (nSPS) is 10.2. The van der Waals surface area contributed by atoms with E-state index in [1.165, 1.54) is 19.1 Å². The van der Waals surface area contributed by atoms with Gasteiger partial charge >= 0.3 is 0 Å². The van der Waals surface area contributed by atoms with E-state index in [0.29, 0.717) is 17.4 Å². The molecule has 1 aromatic heterocycles. The van der Waals surface area contributed by atoms with Crippen molar-refractivity contribution < 1.29 is 4.74 Å². The molecule has 6 nitrogen and oxygen atoms in total. The zero-order valence-electron chi connectivity index (χ0n) is 12.4. The molecule has 0 amide bonds. The highest BCUT2D eigenvalue weighted by Crippen LogP contribution is 2.23. The van der Waals surface area contributed by atoms with Gasteiger partial charge in [-0.3, -0.25) is 0 Å². The van der Waals surface area contributed by atoms with Gasteiger partial charge in [-0.25, -0.2) is 4.98 Å². The SMILES string of the molecule is COc1ncnc(NCCCN(C)c2ccccc2)c1N. The Morgan fingerprint density at radius 2 is 2.00 bits per heavy atom. The summed E-state index contributed by atoms with van der Waals surface area (Å²) in [5.74, 6) is 1.01. The topological polar surface area (TPSA) is 76.3 Å². The predicted octanol–water partition coefficient (Wildman–Crippen LogP) is 2.01. The maximum Gasteiger partial charge on any atom is 0.242 e. The van der Waals surface area contributed by atoms with Crippen LogP contribution in [0.3, 0.4) is 0 Å². The van der Waals surface area contributed by atoms with Crippen molar-refractivity contribution in [2.75, 3.05) is 43.2 Å². The number of nitrogens with one attached hydrogen (secondary N) is 1. The van der Waals surface area contributed by atoms with Gasteiger partial charge in [0.15, 0.2) is 5.82 Å². The van der Waals surface area contributed by atoms with Gasteiger partial charge in [-0.05, 0) is 18.6 Å². The van der Waals surface area contributed by atoms with Crippen LogP contribution in [0.25, 0.3) is 0 Å². The first-order valence-corrected chi connectivity index (χ1v) is 6.87. The van der Waals surface area contributed by atoms with Gasteiger partial charge in [0, 0.05) is 25.8 Å². The van der Waals surface area contributed by atoms with Crippen LogP contribution >= 0.6 is 0 Å². The Balaban J connectivity index is 1.80. The summed E-state index contributed by atoms with van der Waals surface area (Å²) >= 11 is 0. The molecule has 2 rings (SSSR count). The molecule has 0 atom stereocenters. The number of methoxy groups -OCH3 is 1. The van der Waals surface area contributed by atoms with Crippen LogP contribution in [0.2, 0.25) is 0 Å². The first-order chi connectivity index (χ1) is 10.2. The summed E-state index contributed by atoms with van der Waals surface area (Å²) in [7, 11) is 3.62. The van der Waals surface area contributed by atoms with Gasteiger partial charge < -0.3 is 20.7 Å². The number of nitrogen functional groups attached to an aromatic ring is 1. The van der Waals surface area contributed by atoms with E-state index >= 15 is 0 Å². The summed E-state index contributed by atoms with van der Waals surface area (Å²) in [6.07, 6.45) is 2.41. The first kappa shape index (κ1) is 14.9. The first-order valence-electron chi connectivity index (χ1n) is 6.87. The Morgan fingerprint density at radius 3 is 2.71 bits per heavy atom. The fourth-order valence-corrected chi connectivity index (χ4v) is 2.02. The van der Waals surface area contributed by atoms with Crippen LogP contribution in [-0.2, 0) is 0 Å². The number of para-hydroxylation sites is 1. The lowest BCUT2D eigenvalue weighted by atomic mass is 10.3. The zero-order valence-corrected chi connectivity index (χ0v) is 12.4. The molecular formula is C15H21N5O. The Kier molecular flexibility index (Phi) is 5.20. The lowest BCUT2D eigenvalue weighted by molar-refractivity contribution is 0.399. The smallest absolute Gasteiger partial charge is 0.242 e. The van der Waals surface area contributed by atoms with E-state index in [9.17, 15) is 0 Å². The van der Waals surface area contributed by atoms with Crippen molar-refractivity contribution in [1.82, 2.24) is 9.97 Å². The number of nitrogens with two attached hydrogens (primary N) is 1. The third-order valence-electron chi connectivity index (χ3n) is 3.20. The quantitative estimate of drug-likeness (QED) is 0.759. The second-order valence-corrected chi connectivity index (χ2v) is 4.68. The Labute approximate surface area is 125 Å². The molecule has 0 unspecified atom stereocenters. The second kappa shape index (κ2) is 7.33. The van der Waals surface area contributed by atoms with Crippen LogP contribution in [0.5, 0.6) is 5.88 Å². The number of hydrogen-bond donors (Lipinski definition) is 2. The van der Waals surface area contributed by atoms with Crippen molar-refractivity contribution in [3.8, 4) is 5.88 Å². The van der Waals surface area contributed by atoms with Gasteiger partial charge in [0.25, 0.3) is 0 Å². The van der Waals surface area contributed by atoms with E-state index in [-0.39, 0.29) is 0 Å². The number of hydrogen-bond acceptors (Lipinski definition) is 6. The van der Waals surface area contributed by atoms with E-state index in [2.05, 4.69) is 39.4 Å². The van der Waals surface area contributed by atoms with Crippen LogP contribution in [0.1, 0.15) is 6.42 Å². The van der Waals surface area contributed by atoms with Crippen molar-refractivity contribution in [2.24, 2.45) is 0 Å². The van der Waals surface area contributed by atoms with E-state index in [1.54, 1.807) is 0 Å². The van der Waals surface area contributed by atoms with Crippen molar-refractivity contribution in [3.63, 3.8) is 0 Å². The number of benzene rings is 1. The summed E-state index contributed by atoms with van der Waals surface area (Å²) in [6, 6.07) is 10.3. The fraction of sp³-hybridized carbons (Fsp3) is 0.333. The Hall–Kier alpha value is -2.50. The molecule has 0 saturated carbocycles. The lowest BCUT2D eigenvalue weighted by Gasteiger charge is -2.19. The predicted molar refractivity (Wildman–Crippen MR) is 85.8 cm³/mol. The van der Waals surface area contributed by atoms with Crippen LogP contribution in [0.4, 0.5) is 17.2 Å². The molecule has 0 fully saturated rings. The van der Waals surface area contributed by atoms with Crippen molar-refractivity contribution in [2.45, 2.75) is 6.42 Å². The molecule has 3 N–H and O–H groups in total. The molecular weight excluding hydrogens is 266 g/mol. The van der Waals surface area contributed by atoms with Crippen LogP contribution in [-0.4, -0.2) is 37.2 Å². The van der Waals surface area contributed by atoms with E-state index < -0.39 is 0 Å². The van der Waals surface area contributed by atoms with Crippen molar-refractivity contribution in [1.29, 1.82) is 0 Å². The number of nitrogens with zero attached hydrogens (tertiary/aromatic N) is 3. The largest absolute Gasteiger partial charge is 0.479 e. The summed E-state index contributed by atoms with van der Waals surface area (Å²) in [4.78, 5) is 10.3. The second-order valence-electron chi connectivity index (χ2n) is 4.68. The van der Waals surface area contributed by atoms with Gasteiger partial charge in [0.2, 0.25) is 5.88 Å². The number of aromatic nitrogens is 2. The average molecular weight is 287 g/mol. The Bertz CT molecular complexity index is 561. The minimum atomic E-state index is 0.397. The van der Waals surface area contributed by atoms with Crippen LogP contribution in [0.15, 0.2) is 36.7 Å². The summed E-state index contributed by atoms with van der Waals surface area (Å²) in [6.45, 7) is 1.72. The van der Waals surface area contributed by atoms with Gasteiger partial charge in [-0.15, -0.1) is 0 Å². The minimum absolute atomic E-state index is 0.397. The standard InChI is InChI=1S/C15H21N5O/c1-20(12-7-4-3-5-8-12)10-6-9-17-14-13(16)15(21-2)19-11-18-14/h3-5,7-8,11H,6,9-10,16H2,1-2H3,(H,17,18,19). The number of ether oxygens (including phenoxy) is 1. The number of anilines is 3. The van der Waals surface area contributed by atoms with Crippen molar-refractivity contribution in [3.05, 3.63) is 36.7 Å². The molecule has 0 bridgehead atoms. The van der Waals surface area contributed by atoms with Crippen molar-refractivity contribution >= 4 is 17.2 Å². The highest BCUT2D eigenvalue weighted by atomic mass is 16.5. The molecule has 21 heavy (non-hydrogen) atoms. The average Bonchev–Trinajstić information content (AvgIpc) is 2.53. The molecule has 0 radical (unpaired) electrons. The third-order valence-corrected chi connectivity index (χ3v) is 3.20. The molecule has 0 aliphatic heterocycles. The van der Waals surface area contributed by atoms with Crippen LogP contribution in [0, 0.1) is 0 Å². The molecule has 112 valence electrons. The molecule has 0 aliphatic carbocycles. The maximum absolute atomic E-state index is 5.90. The Morgan fingerprint density at radius 1 is 1.24 bits per heavy atom. The highest BCUT2D eigenvalue weighted by molar-refractivity contribution is 5.66. The highest BCUT2D eigenvalue weighted by Gasteiger charge is 2.07.